The minimum Gasteiger partial charge on any atom is -0.349 e. The van der Waals surface area contributed by atoms with E-state index in [0.717, 1.165) is 29.5 Å². The minimum atomic E-state index is 0.0272. The van der Waals surface area contributed by atoms with Gasteiger partial charge in [-0.15, -0.1) is 0 Å². The van der Waals surface area contributed by atoms with Gasteiger partial charge in [0.15, 0.2) is 0 Å². The highest BCUT2D eigenvalue weighted by Gasteiger charge is 2.20. The normalized spacial score (nSPS) is 14.7. The Hall–Kier alpha value is -1.88. The molecule has 0 aliphatic heterocycles. The number of carbonyl (C=O) groups is 1. The molecule has 2 heterocycles. The molecule has 0 atom stereocenters. The van der Waals surface area contributed by atoms with Gasteiger partial charge >= 0.3 is 0 Å². The smallest absolute Gasteiger partial charge is 0.234 e. The highest BCUT2D eigenvalue weighted by Crippen LogP contribution is 2.27. The van der Waals surface area contributed by atoms with Crippen LogP contribution in [0.4, 0.5) is 0 Å². The molecule has 3 rings (SSSR count). The first kappa shape index (κ1) is 13.1. The standard InChI is InChI=1S/C15H20N4O/c1-11-3-2-4-14-18-13(10-19(11)14)8-17-15(20)9-16-7-12-5-6-12/h2-4,10,12,16H,5-9H2,1H3,(H,17,20). The summed E-state index contributed by atoms with van der Waals surface area (Å²) in [5.41, 5.74) is 2.94. The van der Waals surface area contributed by atoms with Crippen molar-refractivity contribution in [2.45, 2.75) is 26.3 Å². The van der Waals surface area contributed by atoms with Crippen molar-refractivity contribution in [3.8, 4) is 0 Å². The Morgan fingerprint density at radius 3 is 3.05 bits per heavy atom. The van der Waals surface area contributed by atoms with Crippen LogP contribution in [0.1, 0.15) is 24.2 Å². The molecule has 0 bridgehead atoms. The van der Waals surface area contributed by atoms with Crippen LogP contribution in [0.3, 0.4) is 0 Å². The van der Waals surface area contributed by atoms with E-state index >= 15 is 0 Å². The van der Waals surface area contributed by atoms with Crippen LogP contribution in [-0.2, 0) is 11.3 Å². The van der Waals surface area contributed by atoms with Crippen molar-refractivity contribution in [2.24, 2.45) is 5.92 Å². The van der Waals surface area contributed by atoms with Crippen LogP contribution < -0.4 is 10.6 Å². The van der Waals surface area contributed by atoms with Gasteiger partial charge < -0.3 is 15.0 Å². The maximum atomic E-state index is 11.7. The summed E-state index contributed by atoms with van der Waals surface area (Å²) < 4.78 is 2.03. The van der Waals surface area contributed by atoms with E-state index in [9.17, 15) is 4.79 Å². The first-order valence-corrected chi connectivity index (χ1v) is 7.13. The lowest BCUT2D eigenvalue weighted by Crippen LogP contribution is -2.34. The van der Waals surface area contributed by atoms with Crippen molar-refractivity contribution in [2.75, 3.05) is 13.1 Å². The van der Waals surface area contributed by atoms with Gasteiger partial charge in [-0.2, -0.15) is 0 Å². The average Bonchev–Trinajstić information content (AvgIpc) is 3.14. The first-order valence-electron chi connectivity index (χ1n) is 7.13. The zero-order chi connectivity index (χ0) is 13.9. The maximum Gasteiger partial charge on any atom is 0.234 e. The molecular weight excluding hydrogens is 252 g/mol. The molecule has 0 radical (unpaired) electrons. The fourth-order valence-electron chi connectivity index (χ4n) is 2.25. The molecule has 5 heteroatoms. The fraction of sp³-hybridized carbons (Fsp3) is 0.467. The maximum absolute atomic E-state index is 11.7. The van der Waals surface area contributed by atoms with Gasteiger partial charge in [-0.3, -0.25) is 4.79 Å². The molecule has 106 valence electrons. The molecule has 2 aromatic heterocycles. The lowest BCUT2D eigenvalue weighted by molar-refractivity contribution is -0.120. The monoisotopic (exact) mass is 272 g/mol. The van der Waals surface area contributed by atoms with Crippen LogP contribution in [0.25, 0.3) is 5.65 Å². The lowest BCUT2D eigenvalue weighted by atomic mass is 10.4. The number of hydrogen-bond donors (Lipinski definition) is 2. The zero-order valence-corrected chi connectivity index (χ0v) is 11.7. The van der Waals surface area contributed by atoms with Gasteiger partial charge in [0.05, 0.1) is 18.8 Å². The van der Waals surface area contributed by atoms with Crippen molar-refractivity contribution in [1.29, 1.82) is 0 Å². The highest BCUT2D eigenvalue weighted by atomic mass is 16.1. The van der Waals surface area contributed by atoms with E-state index in [4.69, 9.17) is 0 Å². The third-order valence-electron chi connectivity index (χ3n) is 3.63. The topological polar surface area (TPSA) is 58.4 Å². The van der Waals surface area contributed by atoms with Crippen molar-refractivity contribution >= 4 is 11.6 Å². The molecule has 0 unspecified atom stereocenters. The molecule has 1 aliphatic carbocycles. The van der Waals surface area contributed by atoms with Gasteiger partial charge in [0.1, 0.15) is 5.65 Å². The number of nitrogens with one attached hydrogen (secondary N) is 2. The molecule has 0 aromatic carbocycles. The SMILES string of the molecule is Cc1cccc2nc(CNC(=O)CNCC3CC3)cn12. The Kier molecular flexibility index (Phi) is 3.69. The summed E-state index contributed by atoms with van der Waals surface area (Å²) in [5, 5.41) is 6.08. The van der Waals surface area contributed by atoms with E-state index in [0.29, 0.717) is 13.1 Å². The molecule has 1 saturated carbocycles. The molecule has 2 N–H and O–H groups in total. The number of pyridine rings is 1. The molecule has 1 amide bonds. The second-order valence-corrected chi connectivity index (χ2v) is 5.48. The third kappa shape index (κ3) is 3.17. The van der Waals surface area contributed by atoms with Crippen LogP contribution in [0.5, 0.6) is 0 Å². The number of fused-ring (bicyclic) bond motifs is 1. The number of amides is 1. The van der Waals surface area contributed by atoms with Crippen LogP contribution >= 0.6 is 0 Å². The number of rotatable bonds is 6. The predicted molar refractivity (Wildman–Crippen MR) is 77.4 cm³/mol. The Balaban J connectivity index is 1.51. The fourth-order valence-corrected chi connectivity index (χ4v) is 2.25. The Morgan fingerprint density at radius 2 is 2.30 bits per heavy atom. The summed E-state index contributed by atoms with van der Waals surface area (Å²) >= 11 is 0. The average molecular weight is 272 g/mol. The Morgan fingerprint density at radius 1 is 1.45 bits per heavy atom. The summed E-state index contributed by atoms with van der Waals surface area (Å²) in [7, 11) is 0. The van der Waals surface area contributed by atoms with Crippen LogP contribution in [0.2, 0.25) is 0 Å². The van der Waals surface area contributed by atoms with Crippen molar-refractivity contribution in [3.63, 3.8) is 0 Å². The molecule has 1 fully saturated rings. The van der Waals surface area contributed by atoms with Crippen LogP contribution in [0.15, 0.2) is 24.4 Å². The number of carbonyl (C=O) groups excluding carboxylic acids is 1. The Labute approximate surface area is 118 Å². The zero-order valence-electron chi connectivity index (χ0n) is 11.7. The van der Waals surface area contributed by atoms with E-state index < -0.39 is 0 Å². The molecule has 0 spiro atoms. The highest BCUT2D eigenvalue weighted by molar-refractivity contribution is 5.77. The van der Waals surface area contributed by atoms with Gasteiger partial charge in [-0.25, -0.2) is 4.98 Å². The van der Waals surface area contributed by atoms with Crippen molar-refractivity contribution in [3.05, 3.63) is 35.8 Å². The second kappa shape index (κ2) is 5.63. The number of nitrogens with zero attached hydrogens (tertiary/aromatic N) is 2. The molecule has 1 aliphatic rings. The van der Waals surface area contributed by atoms with E-state index in [1.165, 1.54) is 12.8 Å². The molecule has 2 aromatic rings. The van der Waals surface area contributed by atoms with E-state index in [1.807, 2.05) is 35.7 Å². The third-order valence-corrected chi connectivity index (χ3v) is 3.63. The quantitative estimate of drug-likeness (QED) is 0.832. The van der Waals surface area contributed by atoms with Crippen molar-refractivity contribution in [1.82, 2.24) is 20.0 Å². The van der Waals surface area contributed by atoms with Gasteiger partial charge in [0.2, 0.25) is 5.91 Å². The summed E-state index contributed by atoms with van der Waals surface area (Å²) in [6, 6.07) is 6.00. The predicted octanol–water partition coefficient (Wildman–Crippen LogP) is 1.26. The molecule has 0 saturated heterocycles. The van der Waals surface area contributed by atoms with Crippen LogP contribution in [-0.4, -0.2) is 28.4 Å². The number of aromatic nitrogens is 2. The summed E-state index contributed by atoms with van der Waals surface area (Å²) in [6.45, 7) is 3.87. The molecule has 20 heavy (non-hydrogen) atoms. The summed E-state index contributed by atoms with van der Waals surface area (Å²) in [6.07, 6.45) is 4.58. The minimum absolute atomic E-state index is 0.0272. The van der Waals surface area contributed by atoms with Gasteiger partial charge in [-0.1, -0.05) is 6.07 Å². The van der Waals surface area contributed by atoms with Gasteiger partial charge in [-0.05, 0) is 44.4 Å². The number of aryl methyl sites for hydroxylation is 1. The number of hydrogen-bond acceptors (Lipinski definition) is 3. The Bertz CT molecular complexity index is 615. The molecular formula is C15H20N4O. The molecule has 5 nitrogen and oxygen atoms in total. The van der Waals surface area contributed by atoms with E-state index in [2.05, 4.69) is 15.6 Å². The van der Waals surface area contributed by atoms with Crippen LogP contribution in [0, 0.1) is 12.8 Å². The summed E-state index contributed by atoms with van der Waals surface area (Å²) in [4.78, 5) is 16.2. The summed E-state index contributed by atoms with van der Waals surface area (Å²) in [5.74, 6) is 0.823. The van der Waals surface area contributed by atoms with E-state index in [1.54, 1.807) is 0 Å². The lowest BCUT2D eigenvalue weighted by Gasteiger charge is -2.04. The number of imidazole rings is 1. The largest absolute Gasteiger partial charge is 0.349 e. The van der Waals surface area contributed by atoms with Crippen molar-refractivity contribution < 1.29 is 4.79 Å². The van der Waals surface area contributed by atoms with E-state index in [-0.39, 0.29) is 5.91 Å². The van der Waals surface area contributed by atoms with Gasteiger partial charge in [0.25, 0.3) is 0 Å². The van der Waals surface area contributed by atoms with Gasteiger partial charge in [0, 0.05) is 11.9 Å². The second-order valence-electron chi connectivity index (χ2n) is 5.48. The first-order chi connectivity index (χ1) is 9.72.